The van der Waals surface area contributed by atoms with Gasteiger partial charge < -0.3 is 10.5 Å². The molecule has 0 saturated heterocycles. The van der Waals surface area contributed by atoms with Crippen molar-refractivity contribution in [2.24, 2.45) is 0 Å². The fourth-order valence-corrected chi connectivity index (χ4v) is 2.50. The first-order valence-electron chi connectivity index (χ1n) is 5.42. The average molecular weight is 301 g/mol. The van der Waals surface area contributed by atoms with Gasteiger partial charge in [-0.15, -0.1) is 0 Å². The second-order valence-electron chi connectivity index (χ2n) is 3.59. The average Bonchev–Trinajstić information content (AvgIpc) is 2.72. The zero-order chi connectivity index (χ0) is 14.0. The van der Waals surface area contributed by atoms with Crippen molar-refractivity contribution in [3.63, 3.8) is 0 Å². The molecule has 0 aliphatic carbocycles. The molecule has 1 aromatic carbocycles. The summed E-state index contributed by atoms with van der Waals surface area (Å²) in [5, 5.41) is 0.187. The maximum Gasteiger partial charge on any atom is 0.352 e. The Labute approximate surface area is 118 Å². The third kappa shape index (κ3) is 2.54. The van der Waals surface area contributed by atoms with Crippen LogP contribution in [0.5, 0.6) is 0 Å². The number of hydrogen-bond donors (Lipinski definition) is 1. The molecule has 0 radical (unpaired) electrons. The van der Waals surface area contributed by atoms with Crippen LogP contribution in [0.2, 0.25) is 5.02 Å². The monoisotopic (exact) mass is 300 g/mol. The molecule has 0 aliphatic heterocycles. The van der Waals surface area contributed by atoms with Crippen LogP contribution in [0.25, 0.3) is 11.3 Å². The summed E-state index contributed by atoms with van der Waals surface area (Å²) in [5.74, 6) is -1.11. The summed E-state index contributed by atoms with van der Waals surface area (Å²) < 4.78 is 22.6. The highest BCUT2D eigenvalue weighted by molar-refractivity contribution is 7.09. The van der Waals surface area contributed by atoms with Crippen molar-refractivity contribution in [2.45, 2.75) is 6.92 Å². The first-order chi connectivity index (χ1) is 9.06. The number of hydrogen-bond acceptors (Lipinski definition) is 5. The smallest absolute Gasteiger partial charge is 0.352 e. The van der Waals surface area contributed by atoms with E-state index >= 15 is 0 Å². The molecular weight excluding hydrogens is 291 g/mol. The molecule has 0 amide bonds. The van der Waals surface area contributed by atoms with E-state index in [4.69, 9.17) is 22.1 Å². The number of aromatic nitrogens is 1. The summed E-state index contributed by atoms with van der Waals surface area (Å²) in [4.78, 5) is 11.8. The number of nitrogen functional groups attached to an aromatic ring is 1. The molecule has 0 unspecified atom stereocenters. The van der Waals surface area contributed by atoms with Crippen LogP contribution in [0.4, 0.5) is 10.1 Å². The number of halogens is 2. The summed E-state index contributed by atoms with van der Waals surface area (Å²) in [6, 6.07) is 4.27. The zero-order valence-electron chi connectivity index (χ0n) is 9.94. The van der Waals surface area contributed by atoms with Crippen molar-refractivity contribution in [1.29, 1.82) is 0 Å². The molecule has 0 aliphatic rings. The van der Waals surface area contributed by atoms with E-state index in [0.29, 0.717) is 0 Å². The Morgan fingerprint density at radius 3 is 2.95 bits per heavy atom. The van der Waals surface area contributed by atoms with Crippen LogP contribution < -0.4 is 5.73 Å². The van der Waals surface area contributed by atoms with Gasteiger partial charge in [-0.25, -0.2) is 9.18 Å². The lowest BCUT2D eigenvalue weighted by atomic mass is 10.1. The van der Waals surface area contributed by atoms with Crippen LogP contribution in [-0.2, 0) is 4.74 Å². The lowest BCUT2D eigenvalue weighted by molar-refractivity contribution is 0.0533. The first kappa shape index (κ1) is 13.8. The van der Waals surface area contributed by atoms with E-state index in [0.717, 1.165) is 11.5 Å². The largest absolute Gasteiger partial charge is 0.462 e. The molecule has 0 atom stereocenters. The van der Waals surface area contributed by atoms with Crippen molar-refractivity contribution < 1.29 is 13.9 Å². The van der Waals surface area contributed by atoms with Crippen LogP contribution in [0.15, 0.2) is 18.2 Å². The molecule has 100 valence electrons. The minimum absolute atomic E-state index is 0.0791. The van der Waals surface area contributed by atoms with Gasteiger partial charge in [-0.2, -0.15) is 4.37 Å². The number of esters is 1. The van der Waals surface area contributed by atoms with Gasteiger partial charge in [-0.05, 0) is 30.6 Å². The van der Waals surface area contributed by atoms with Gasteiger partial charge in [0.25, 0.3) is 0 Å². The molecule has 2 N–H and O–H groups in total. The number of ether oxygens (including phenoxy) is 1. The van der Waals surface area contributed by atoms with Gasteiger partial charge in [0.15, 0.2) is 4.88 Å². The number of nitrogens with two attached hydrogens (primary N) is 1. The maximum absolute atomic E-state index is 13.8. The van der Waals surface area contributed by atoms with Crippen LogP contribution in [0.3, 0.4) is 0 Å². The molecule has 7 heteroatoms. The molecule has 0 bridgehead atoms. The van der Waals surface area contributed by atoms with Gasteiger partial charge >= 0.3 is 5.97 Å². The van der Waals surface area contributed by atoms with Gasteiger partial charge in [0.2, 0.25) is 0 Å². The van der Waals surface area contributed by atoms with Crippen molar-refractivity contribution in [1.82, 2.24) is 4.37 Å². The van der Waals surface area contributed by atoms with E-state index in [9.17, 15) is 9.18 Å². The summed E-state index contributed by atoms with van der Waals surface area (Å²) in [7, 11) is 0. The molecule has 1 heterocycles. The predicted octanol–water partition coefficient (Wildman–Crippen LogP) is 3.36. The van der Waals surface area contributed by atoms with Crippen molar-refractivity contribution in [2.75, 3.05) is 12.3 Å². The second-order valence-corrected chi connectivity index (χ2v) is 4.77. The molecule has 4 nitrogen and oxygen atoms in total. The SMILES string of the molecule is CCOC(=O)c1snc(-c2c(F)cccc2Cl)c1N. The Kier molecular flexibility index (Phi) is 4.01. The number of anilines is 1. The minimum Gasteiger partial charge on any atom is -0.462 e. The minimum atomic E-state index is -0.573. The summed E-state index contributed by atoms with van der Waals surface area (Å²) in [6.07, 6.45) is 0. The van der Waals surface area contributed by atoms with E-state index in [1.165, 1.54) is 18.2 Å². The van der Waals surface area contributed by atoms with Gasteiger partial charge in [0, 0.05) is 0 Å². The topological polar surface area (TPSA) is 65.2 Å². The fraction of sp³-hybridized carbons (Fsp3) is 0.167. The standard InChI is InChI=1S/C12H10ClFN2O2S/c1-2-18-12(17)11-9(15)10(16-19-11)8-6(13)4-3-5-7(8)14/h3-5H,2,15H2,1H3. The maximum atomic E-state index is 13.8. The van der Waals surface area contributed by atoms with Crippen LogP contribution in [0, 0.1) is 5.82 Å². The Bertz CT molecular complexity index is 610. The number of benzene rings is 1. The Morgan fingerprint density at radius 2 is 2.32 bits per heavy atom. The summed E-state index contributed by atoms with van der Waals surface area (Å²) in [5.41, 5.74) is 6.16. The van der Waals surface area contributed by atoms with Gasteiger partial charge in [0.1, 0.15) is 11.5 Å². The summed E-state index contributed by atoms with van der Waals surface area (Å²) in [6.45, 7) is 1.91. The highest BCUT2D eigenvalue weighted by atomic mass is 35.5. The van der Waals surface area contributed by atoms with Crippen molar-refractivity contribution >= 4 is 34.8 Å². The highest BCUT2D eigenvalue weighted by Crippen LogP contribution is 2.36. The van der Waals surface area contributed by atoms with E-state index in [1.54, 1.807) is 6.92 Å². The molecule has 2 aromatic rings. The van der Waals surface area contributed by atoms with E-state index in [1.807, 2.05) is 0 Å². The third-order valence-corrected chi connectivity index (χ3v) is 3.55. The van der Waals surface area contributed by atoms with Crippen LogP contribution in [0.1, 0.15) is 16.6 Å². The molecule has 1 aromatic heterocycles. The van der Waals surface area contributed by atoms with Crippen molar-refractivity contribution in [3.8, 4) is 11.3 Å². The highest BCUT2D eigenvalue weighted by Gasteiger charge is 2.22. The lowest BCUT2D eigenvalue weighted by Crippen LogP contribution is -2.05. The molecule has 0 spiro atoms. The Morgan fingerprint density at radius 1 is 1.58 bits per heavy atom. The molecule has 2 rings (SSSR count). The molecular formula is C12H10ClFN2O2S. The zero-order valence-corrected chi connectivity index (χ0v) is 11.5. The van der Waals surface area contributed by atoms with E-state index in [2.05, 4.69) is 4.37 Å². The third-order valence-electron chi connectivity index (χ3n) is 2.39. The van der Waals surface area contributed by atoms with Gasteiger partial charge in [-0.1, -0.05) is 17.7 Å². The second kappa shape index (κ2) is 5.54. The molecule has 19 heavy (non-hydrogen) atoms. The van der Waals surface area contributed by atoms with E-state index in [-0.39, 0.29) is 33.5 Å². The van der Waals surface area contributed by atoms with Crippen LogP contribution in [-0.4, -0.2) is 16.9 Å². The lowest BCUT2D eigenvalue weighted by Gasteiger charge is -2.04. The number of carbonyl (C=O) groups excluding carboxylic acids is 1. The Balaban J connectivity index is 2.51. The van der Waals surface area contributed by atoms with E-state index < -0.39 is 11.8 Å². The van der Waals surface area contributed by atoms with Crippen LogP contribution >= 0.6 is 23.1 Å². The summed E-state index contributed by atoms with van der Waals surface area (Å²) >= 11 is 6.80. The Hall–Kier alpha value is -1.66. The molecule has 0 fully saturated rings. The molecule has 0 saturated carbocycles. The normalized spacial score (nSPS) is 10.5. The predicted molar refractivity (Wildman–Crippen MR) is 72.9 cm³/mol. The van der Waals surface area contributed by atoms with Gasteiger partial charge in [-0.3, -0.25) is 0 Å². The van der Waals surface area contributed by atoms with Crippen molar-refractivity contribution in [3.05, 3.63) is 33.9 Å². The number of carbonyl (C=O) groups is 1. The number of rotatable bonds is 3. The quantitative estimate of drug-likeness (QED) is 0.883. The van der Waals surface area contributed by atoms with Gasteiger partial charge in [0.05, 0.1) is 22.9 Å². The number of nitrogens with zero attached hydrogens (tertiary/aromatic N) is 1. The first-order valence-corrected chi connectivity index (χ1v) is 6.58. The fourth-order valence-electron chi connectivity index (χ4n) is 1.55.